The van der Waals surface area contributed by atoms with E-state index in [-0.39, 0.29) is 11.7 Å². The van der Waals surface area contributed by atoms with Crippen molar-refractivity contribution in [1.29, 1.82) is 0 Å². The molecule has 172 valence electrons. The SMILES string of the molecule is COC(=O)c1ccc(/C=N\NC(=O)CSc2nc3ccccc3n2Cc2ccc(C)cc2)cc1. The number of ether oxygens (including phenoxy) is 1. The van der Waals surface area contributed by atoms with Gasteiger partial charge in [-0.1, -0.05) is 65.9 Å². The number of esters is 1. The van der Waals surface area contributed by atoms with E-state index in [1.165, 1.54) is 36.2 Å². The highest BCUT2D eigenvalue weighted by atomic mass is 32.2. The molecule has 0 fully saturated rings. The van der Waals surface area contributed by atoms with Crippen molar-refractivity contribution >= 4 is 40.9 Å². The molecule has 7 nitrogen and oxygen atoms in total. The lowest BCUT2D eigenvalue weighted by Crippen LogP contribution is -2.20. The van der Waals surface area contributed by atoms with Crippen molar-refractivity contribution in [3.05, 3.63) is 95.1 Å². The first-order valence-electron chi connectivity index (χ1n) is 10.7. The van der Waals surface area contributed by atoms with Gasteiger partial charge in [-0.3, -0.25) is 4.79 Å². The second kappa shape index (κ2) is 10.8. The summed E-state index contributed by atoms with van der Waals surface area (Å²) in [4.78, 5) is 28.6. The van der Waals surface area contributed by atoms with Gasteiger partial charge in [0.2, 0.25) is 0 Å². The highest BCUT2D eigenvalue weighted by Crippen LogP contribution is 2.25. The van der Waals surface area contributed by atoms with Crippen LogP contribution >= 0.6 is 11.8 Å². The van der Waals surface area contributed by atoms with Gasteiger partial charge in [-0.25, -0.2) is 15.2 Å². The molecule has 1 N–H and O–H groups in total. The summed E-state index contributed by atoms with van der Waals surface area (Å²) in [6, 6.07) is 23.1. The van der Waals surface area contributed by atoms with Gasteiger partial charge in [0.15, 0.2) is 5.16 Å². The Hall–Kier alpha value is -3.91. The topological polar surface area (TPSA) is 85.6 Å². The number of hydrazone groups is 1. The molecule has 1 aromatic heterocycles. The molecule has 0 aliphatic rings. The summed E-state index contributed by atoms with van der Waals surface area (Å²) in [7, 11) is 1.34. The van der Waals surface area contributed by atoms with E-state index in [0.717, 1.165) is 21.8 Å². The zero-order chi connectivity index (χ0) is 23.9. The third-order valence-corrected chi connectivity index (χ3v) is 6.12. The van der Waals surface area contributed by atoms with Crippen LogP contribution in [0.15, 0.2) is 83.1 Å². The van der Waals surface area contributed by atoms with E-state index >= 15 is 0 Å². The van der Waals surface area contributed by atoms with Crippen LogP contribution in [0.5, 0.6) is 0 Å². The van der Waals surface area contributed by atoms with Gasteiger partial charge in [0.05, 0.1) is 42.2 Å². The van der Waals surface area contributed by atoms with Crippen LogP contribution in [0.25, 0.3) is 11.0 Å². The van der Waals surface area contributed by atoms with Crippen molar-refractivity contribution in [2.75, 3.05) is 12.9 Å². The summed E-state index contributed by atoms with van der Waals surface area (Å²) < 4.78 is 6.81. The number of carbonyl (C=O) groups excluding carboxylic acids is 2. The highest BCUT2D eigenvalue weighted by molar-refractivity contribution is 7.99. The number of rotatable bonds is 8. The molecular formula is C26H24N4O3S. The molecule has 0 unspecified atom stereocenters. The lowest BCUT2D eigenvalue weighted by Gasteiger charge is -2.09. The fourth-order valence-electron chi connectivity index (χ4n) is 3.36. The zero-order valence-corrected chi connectivity index (χ0v) is 19.7. The maximum Gasteiger partial charge on any atom is 0.337 e. The van der Waals surface area contributed by atoms with Gasteiger partial charge in [0.25, 0.3) is 5.91 Å². The van der Waals surface area contributed by atoms with E-state index in [1.54, 1.807) is 24.3 Å². The summed E-state index contributed by atoms with van der Waals surface area (Å²) in [6.07, 6.45) is 1.52. The molecule has 3 aromatic carbocycles. The fraction of sp³-hybridized carbons (Fsp3) is 0.154. The van der Waals surface area contributed by atoms with Crippen molar-refractivity contribution in [2.45, 2.75) is 18.6 Å². The Morgan fingerprint density at radius 2 is 1.79 bits per heavy atom. The average molecular weight is 473 g/mol. The number of carbonyl (C=O) groups is 2. The maximum absolute atomic E-state index is 12.4. The number of para-hydroxylation sites is 2. The van der Waals surface area contributed by atoms with Crippen molar-refractivity contribution in [3.63, 3.8) is 0 Å². The number of thioether (sulfide) groups is 1. The Balaban J connectivity index is 1.39. The Morgan fingerprint density at radius 1 is 1.06 bits per heavy atom. The Labute approximate surface area is 201 Å². The number of methoxy groups -OCH3 is 1. The summed E-state index contributed by atoms with van der Waals surface area (Å²) in [5.74, 6) is -0.459. The summed E-state index contributed by atoms with van der Waals surface area (Å²) in [6.45, 7) is 2.74. The molecule has 4 rings (SSSR count). The van der Waals surface area contributed by atoms with Gasteiger partial charge < -0.3 is 9.30 Å². The first-order chi connectivity index (χ1) is 16.5. The van der Waals surface area contributed by atoms with E-state index in [2.05, 4.69) is 51.0 Å². The standard InChI is InChI=1S/C26H24N4O3S/c1-18-7-9-20(10-8-18)16-30-23-6-4-3-5-22(23)28-26(30)34-17-24(31)29-27-15-19-11-13-21(14-12-19)25(32)33-2/h3-15H,16-17H2,1-2H3,(H,29,31)/b27-15-. The monoisotopic (exact) mass is 472 g/mol. The van der Waals surface area contributed by atoms with E-state index in [0.29, 0.717) is 12.1 Å². The first-order valence-corrected chi connectivity index (χ1v) is 11.7. The second-order valence-electron chi connectivity index (χ2n) is 7.65. The molecule has 0 saturated heterocycles. The van der Waals surface area contributed by atoms with Crippen LogP contribution in [0.3, 0.4) is 0 Å². The van der Waals surface area contributed by atoms with Gasteiger partial charge in [0, 0.05) is 0 Å². The number of imidazole rings is 1. The predicted molar refractivity (Wildman–Crippen MR) is 134 cm³/mol. The van der Waals surface area contributed by atoms with Gasteiger partial charge in [-0.15, -0.1) is 0 Å². The van der Waals surface area contributed by atoms with Gasteiger partial charge in [-0.05, 0) is 42.3 Å². The minimum absolute atomic E-state index is 0.176. The molecule has 0 aliphatic carbocycles. The molecular weight excluding hydrogens is 448 g/mol. The van der Waals surface area contributed by atoms with Crippen molar-refractivity contribution < 1.29 is 14.3 Å². The van der Waals surface area contributed by atoms with E-state index in [9.17, 15) is 9.59 Å². The quantitative estimate of drug-likeness (QED) is 0.178. The molecule has 1 heterocycles. The van der Waals surface area contributed by atoms with Crippen LogP contribution in [0.2, 0.25) is 0 Å². The van der Waals surface area contributed by atoms with E-state index in [4.69, 9.17) is 4.98 Å². The third kappa shape index (κ3) is 5.71. The smallest absolute Gasteiger partial charge is 0.337 e. The molecule has 34 heavy (non-hydrogen) atoms. The van der Waals surface area contributed by atoms with Crippen LogP contribution in [0.1, 0.15) is 27.0 Å². The fourth-order valence-corrected chi connectivity index (χ4v) is 4.16. The van der Waals surface area contributed by atoms with Crippen LogP contribution in [-0.4, -0.2) is 40.5 Å². The summed E-state index contributed by atoms with van der Waals surface area (Å²) in [5, 5.41) is 4.79. The first kappa shape index (κ1) is 23.3. The van der Waals surface area contributed by atoms with Gasteiger partial charge in [0.1, 0.15) is 0 Å². The number of hydrogen-bond acceptors (Lipinski definition) is 6. The Kier molecular flexibility index (Phi) is 7.39. The molecule has 0 atom stereocenters. The van der Waals surface area contributed by atoms with E-state index < -0.39 is 5.97 Å². The van der Waals surface area contributed by atoms with Crippen molar-refractivity contribution in [1.82, 2.24) is 15.0 Å². The van der Waals surface area contributed by atoms with Crippen LogP contribution in [0, 0.1) is 6.92 Å². The number of aromatic nitrogens is 2. The average Bonchev–Trinajstić information content (AvgIpc) is 3.21. The number of hydrogen-bond donors (Lipinski definition) is 1. The number of fused-ring (bicyclic) bond motifs is 1. The zero-order valence-electron chi connectivity index (χ0n) is 18.9. The predicted octanol–water partition coefficient (Wildman–Crippen LogP) is 4.42. The number of amides is 1. The van der Waals surface area contributed by atoms with Crippen LogP contribution in [0.4, 0.5) is 0 Å². The second-order valence-corrected chi connectivity index (χ2v) is 8.59. The van der Waals surface area contributed by atoms with Crippen molar-refractivity contribution in [2.24, 2.45) is 5.10 Å². The van der Waals surface area contributed by atoms with Gasteiger partial charge >= 0.3 is 5.97 Å². The number of nitrogens with zero attached hydrogens (tertiary/aromatic N) is 3. The number of benzene rings is 3. The molecule has 0 spiro atoms. The van der Waals surface area contributed by atoms with Gasteiger partial charge in [-0.2, -0.15) is 5.10 Å². The Bertz CT molecular complexity index is 1330. The Morgan fingerprint density at radius 3 is 2.53 bits per heavy atom. The minimum Gasteiger partial charge on any atom is -0.465 e. The molecule has 0 bridgehead atoms. The van der Waals surface area contributed by atoms with E-state index in [1.807, 2.05) is 24.3 Å². The van der Waals surface area contributed by atoms with Crippen LogP contribution in [-0.2, 0) is 16.1 Å². The maximum atomic E-state index is 12.4. The minimum atomic E-state index is -0.401. The molecule has 0 radical (unpaired) electrons. The molecule has 0 saturated carbocycles. The molecule has 4 aromatic rings. The number of aryl methyl sites for hydroxylation is 1. The normalized spacial score (nSPS) is 11.1. The molecule has 1 amide bonds. The lowest BCUT2D eigenvalue weighted by molar-refractivity contribution is -0.118. The van der Waals surface area contributed by atoms with Crippen LogP contribution < -0.4 is 5.43 Å². The lowest BCUT2D eigenvalue weighted by atomic mass is 10.1. The largest absolute Gasteiger partial charge is 0.465 e. The number of nitrogens with one attached hydrogen (secondary N) is 1. The third-order valence-electron chi connectivity index (χ3n) is 5.15. The molecule has 0 aliphatic heterocycles. The summed E-state index contributed by atoms with van der Waals surface area (Å²) >= 11 is 1.37. The highest BCUT2D eigenvalue weighted by Gasteiger charge is 2.13. The molecule has 8 heteroatoms. The van der Waals surface area contributed by atoms with Crippen molar-refractivity contribution in [3.8, 4) is 0 Å². The summed E-state index contributed by atoms with van der Waals surface area (Å²) in [5.41, 5.74) is 8.05.